The third kappa shape index (κ3) is 3.50. The Labute approximate surface area is 113 Å². The first-order chi connectivity index (χ1) is 8.96. The Hall–Kier alpha value is -1.49. The van der Waals surface area contributed by atoms with Gasteiger partial charge in [0.25, 0.3) is 0 Å². The van der Waals surface area contributed by atoms with Crippen LogP contribution in [0.4, 0.5) is 4.39 Å². The van der Waals surface area contributed by atoms with Gasteiger partial charge in [-0.05, 0) is 30.9 Å². The molecule has 1 aromatic heterocycles. The Morgan fingerprint density at radius 2 is 2.21 bits per heavy atom. The largest absolute Gasteiger partial charge is 0.466 e. The number of hydrogen-bond donors (Lipinski definition) is 1. The molecule has 1 rings (SSSR count). The molecule has 2 N–H and O–H groups in total. The first-order valence-corrected chi connectivity index (χ1v) is 6.43. The fraction of sp³-hybridized carbons (Fsp3) is 0.571. The van der Waals surface area contributed by atoms with Crippen LogP contribution < -0.4 is 5.73 Å². The number of ether oxygens (including phenoxy) is 1. The molecule has 5 heteroatoms. The van der Waals surface area contributed by atoms with Crippen molar-refractivity contribution in [3.8, 4) is 0 Å². The molecule has 0 aromatic carbocycles. The fourth-order valence-corrected chi connectivity index (χ4v) is 2.09. The van der Waals surface area contributed by atoms with Gasteiger partial charge in [-0.25, -0.2) is 4.39 Å². The van der Waals surface area contributed by atoms with Crippen molar-refractivity contribution < 1.29 is 13.9 Å². The van der Waals surface area contributed by atoms with Crippen LogP contribution >= 0.6 is 0 Å². The topological polar surface area (TPSA) is 65.2 Å². The fourth-order valence-electron chi connectivity index (χ4n) is 2.09. The zero-order chi connectivity index (χ0) is 14.5. The van der Waals surface area contributed by atoms with Crippen LogP contribution in [0.1, 0.15) is 26.3 Å². The number of carbonyl (C=O) groups excluding carboxylic acids is 1. The molecule has 0 amide bonds. The maximum Gasteiger partial charge on any atom is 0.313 e. The molecule has 1 aromatic rings. The molecule has 0 aliphatic heterocycles. The third-order valence-corrected chi connectivity index (χ3v) is 3.43. The summed E-state index contributed by atoms with van der Waals surface area (Å²) in [5, 5.41) is 0. The quantitative estimate of drug-likeness (QED) is 0.801. The van der Waals surface area contributed by atoms with Crippen LogP contribution in [0.2, 0.25) is 0 Å². The summed E-state index contributed by atoms with van der Waals surface area (Å²) in [5.41, 5.74) is 5.61. The summed E-state index contributed by atoms with van der Waals surface area (Å²) in [6, 6.07) is 1.37. The Kier molecular flexibility index (Phi) is 5.42. The Bertz CT molecular complexity index is 437. The van der Waals surface area contributed by atoms with E-state index in [-0.39, 0.29) is 18.4 Å². The Morgan fingerprint density at radius 3 is 2.68 bits per heavy atom. The lowest BCUT2D eigenvalue weighted by Crippen LogP contribution is -2.46. The molecule has 0 aliphatic carbocycles. The molecule has 0 fully saturated rings. The number of rotatable bonds is 6. The summed E-state index contributed by atoms with van der Waals surface area (Å²) in [4.78, 5) is 16.0. The van der Waals surface area contributed by atoms with Crippen LogP contribution in [-0.2, 0) is 16.0 Å². The number of halogens is 1. The molecule has 1 unspecified atom stereocenters. The van der Waals surface area contributed by atoms with Crippen LogP contribution in [-0.4, -0.2) is 24.1 Å². The van der Waals surface area contributed by atoms with Crippen LogP contribution in [0.25, 0.3) is 0 Å². The second-order valence-corrected chi connectivity index (χ2v) is 4.92. The van der Waals surface area contributed by atoms with E-state index in [9.17, 15) is 9.18 Å². The van der Waals surface area contributed by atoms with E-state index in [0.29, 0.717) is 18.6 Å². The summed E-state index contributed by atoms with van der Waals surface area (Å²) in [7, 11) is 0. The second-order valence-electron chi connectivity index (χ2n) is 4.92. The molecule has 1 heterocycles. The van der Waals surface area contributed by atoms with Gasteiger partial charge in [0.2, 0.25) is 0 Å². The molecular weight excluding hydrogens is 247 g/mol. The van der Waals surface area contributed by atoms with Crippen LogP contribution in [0.15, 0.2) is 18.5 Å². The standard InChI is InChI=1S/C14H21FN2O2/c1-4-19-13(18)14(9-16,10(2)3)6-11-5-12(15)8-17-7-11/h5,7-8,10H,4,6,9,16H2,1-3H3. The van der Waals surface area contributed by atoms with Gasteiger partial charge in [0.1, 0.15) is 5.82 Å². The average Bonchev–Trinajstić information content (AvgIpc) is 2.36. The molecule has 0 spiro atoms. The number of carbonyl (C=O) groups is 1. The van der Waals surface area contributed by atoms with Gasteiger partial charge in [0.05, 0.1) is 18.2 Å². The minimum absolute atomic E-state index is 0.0141. The van der Waals surface area contributed by atoms with E-state index in [4.69, 9.17) is 10.5 Å². The van der Waals surface area contributed by atoms with E-state index >= 15 is 0 Å². The summed E-state index contributed by atoms with van der Waals surface area (Å²) in [5.74, 6) is -0.771. The number of hydrogen-bond acceptors (Lipinski definition) is 4. The normalized spacial score (nSPS) is 14.2. The minimum Gasteiger partial charge on any atom is -0.466 e. The highest BCUT2D eigenvalue weighted by Gasteiger charge is 2.42. The smallest absolute Gasteiger partial charge is 0.313 e. The average molecular weight is 268 g/mol. The number of aromatic nitrogens is 1. The van der Waals surface area contributed by atoms with Gasteiger partial charge in [-0.2, -0.15) is 0 Å². The number of esters is 1. The zero-order valence-electron chi connectivity index (χ0n) is 11.6. The monoisotopic (exact) mass is 268 g/mol. The Morgan fingerprint density at radius 1 is 1.53 bits per heavy atom. The van der Waals surface area contributed by atoms with Gasteiger partial charge in [-0.3, -0.25) is 9.78 Å². The van der Waals surface area contributed by atoms with Crippen LogP contribution in [0.3, 0.4) is 0 Å². The third-order valence-electron chi connectivity index (χ3n) is 3.43. The van der Waals surface area contributed by atoms with Gasteiger partial charge < -0.3 is 10.5 Å². The van der Waals surface area contributed by atoms with Crippen LogP contribution in [0, 0.1) is 17.2 Å². The SMILES string of the molecule is CCOC(=O)C(CN)(Cc1cncc(F)c1)C(C)C. The molecule has 19 heavy (non-hydrogen) atoms. The molecule has 106 valence electrons. The number of nitrogens with zero attached hydrogens (tertiary/aromatic N) is 1. The molecule has 0 saturated heterocycles. The highest BCUT2D eigenvalue weighted by Crippen LogP contribution is 2.32. The first-order valence-electron chi connectivity index (χ1n) is 6.43. The highest BCUT2D eigenvalue weighted by atomic mass is 19.1. The highest BCUT2D eigenvalue weighted by molar-refractivity contribution is 5.78. The Balaban J connectivity index is 3.07. The maximum atomic E-state index is 13.2. The molecule has 0 saturated carbocycles. The van der Waals surface area contributed by atoms with Crippen molar-refractivity contribution in [3.63, 3.8) is 0 Å². The van der Waals surface area contributed by atoms with E-state index < -0.39 is 11.2 Å². The molecule has 0 aliphatic rings. The van der Waals surface area contributed by atoms with Gasteiger partial charge in [-0.15, -0.1) is 0 Å². The molecular formula is C14H21FN2O2. The van der Waals surface area contributed by atoms with Crippen LogP contribution in [0.5, 0.6) is 0 Å². The lowest BCUT2D eigenvalue weighted by atomic mass is 9.73. The zero-order valence-corrected chi connectivity index (χ0v) is 11.6. The van der Waals surface area contributed by atoms with Crippen molar-refractivity contribution in [3.05, 3.63) is 29.8 Å². The summed E-state index contributed by atoms with van der Waals surface area (Å²) < 4.78 is 18.3. The minimum atomic E-state index is -0.842. The van der Waals surface area contributed by atoms with E-state index in [1.54, 1.807) is 13.1 Å². The van der Waals surface area contributed by atoms with Gasteiger partial charge >= 0.3 is 5.97 Å². The number of pyridine rings is 1. The predicted octanol–water partition coefficient (Wildman–Crippen LogP) is 1.93. The summed E-state index contributed by atoms with van der Waals surface area (Å²) in [6.07, 6.45) is 3.01. The van der Waals surface area contributed by atoms with E-state index in [0.717, 1.165) is 6.20 Å². The molecule has 0 bridgehead atoms. The second kappa shape index (κ2) is 6.61. The van der Waals surface area contributed by atoms with Crippen molar-refractivity contribution in [1.82, 2.24) is 4.98 Å². The molecule has 0 radical (unpaired) electrons. The van der Waals surface area contributed by atoms with E-state index in [2.05, 4.69) is 4.98 Å². The summed E-state index contributed by atoms with van der Waals surface area (Å²) >= 11 is 0. The lowest BCUT2D eigenvalue weighted by molar-refractivity contribution is -0.157. The molecule has 4 nitrogen and oxygen atoms in total. The number of nitrogens with two attached hydrogens (primary N) is 1. The van der Waals surface area contributed by atoms with Gasteiger partial charge in [0.15, 0.2) is 0 Å². The van der Waals surface area contributed by atoms with E-state index in [1.807, 2.05) is 13.8 Å². The first kappa shape index (κ1) is 15.6. The van der Waals surface area contributed by atoms with Crippen molar-refractivity contribution in [2.24, 2.45) is 17.1 Å². The van der Waals surface area contributed by atoms with Crippen molar-refractivity contribution in [1.29, 1.82) is 0 Å². The van der Waals surface area contributed by atoms with Crippen molar-refractivity contribution in [2.45, 2.75) is 27.2 Å². The lowest BCUT2D eigenvalue weighted by Gasteiger charge is -2.34. The maximum absolute atomic E-state index is 13.2. The van der Waals surface area contributed by atoms with Crippen molar-refractivity contribution in [2.75, 3.05) is 13.2 Å². The van der Waals surface area contributed by atoms with E-state index in [1.165, 1.54) is 6.07 Å². The predicted molar refractivity (Wildman–Crippen MR) is 70.9 cm³/mol. The molecule has 1 atom stereocenters. The van der Waals surface area contributed by atoms with Gasteiger partial charge in [0, 0.05) is 12.7 Å². The van der Waals surface area contributed by atoms with Gasteiger partial charge in [-0.1, -0.05) is 13.8 Å². The summed E-state index contributed by atoms with van der Waals surface area (Å²) in [6.45, 7) is 6.03. The van der Waals surface area contributed by atoms with Crippen molar-refractivity contribution >= 4 is 5.97 Å².